The first kappa shape index (κ1) is 23.8. The second-order valence-electron chi connectivity index (χ2n) is 8.65. The number of carbonyl (C=O) groups is 2. The Morgan fingerprint density at radius 1 is 1.15 bits per heavy atom. The molecular weight excluding hydrogens is 488 g/mol. The van der Waals surface area contributed by atoms with Crippen LogP contribution in [0.4, 0.5) is 0 Å². The van der Waals surface area contributed by atoms with E-state index < -0.39 is 0 Å². The quantitative estimate of drug-likeness (QED) is 0.563. The van der Waals surface area contributed by atoms with Gasteiger partial charge in [0.2, 0.25) is 11.8 Å². The second kappa shape index (κ2) is 11.2. The highest BCUT2D eigenvalue weighted by atomic mass is 79.9. The number of piperidine rings is 1. The molecule has 2 aliphatic rings. The molecule has 2 fully saturated rings. The van der Waals surface area contributed by atoms with Gasteiger partial charge in [0, 0.05) is 74.8 Å². The van der Waals surface area contributed by atoms with Gasteiger partial charge in [0.15, 0.2) is 0 Å². The smallest absolute Gasteiger partial charge is 0.223 e. The number of ether oxygens (including phenoxy) is 2. The van der Waals surface area contributed by atoms with E-state index in [0.29, 0.717) is 65.1 Å². The Morgan fingerprint density at radius 2 is 1.97 bits per heavy atom. The highest BCUT2D eigenvalue weighted by Gasteiger charge is 2.35. The van der Waals surface area contributed by atoms with Crippen LogP contribution in [0.5, 0.6) is 5.75 Å². The Morgan fingerprint density at radius 3 is 2.70 bits per heavy atom. The lowest BCUT2D eigenvalue weighted by atomic mass is 9.90. The summed E-state index contributed by atoms with van der Waals surface area (Å²) in [6.45, 7) is 3.55. The van der Waals surface area contributed by atoms with Gasteiger partial charge in [-0.1, -0.05) is 22.0 Å². The fraction of sp³-hybridized carbons (Fsp3) is 0.542. The van der Waals surface area contributed by atoms with Crippen LogP contribution >= 0.6 is 15.9 Å². The number of aryl methyl sites for hydroxylation is 2. The minimum atomic E-state index is -0.120. The maximum Gasteiger partial charge on any atom is 0.223 e. The van der Waals surface area contributed by atoms with Crippen molar-refractivity contribution in [3.63, 3.8) is 0 Å². The number of carbonyl (C=O) groups excluding carboxylic acids is 2. The zero-order chi connectivity index (χ0) is 23.2. The molecule has 0 bridgehead atoms. The number of hydrogen-bond donors (Lipinski definition) is 0. The zero-order valence-electron chi connectivity index (χ0n) is 19.0. The van der Waals surface area contributed by atoms with Crippen LogP contribution < -0.4 is 4.74 Å². The van der Waals surface area contributed by atoms with Crippen LogP contribution in [0, 0.1) is 5.92 Å². The van der Waals surface area contributed by atoms with Crippen LogP contribution in [0.1, 0.15) is 25.0 Å². The minimum absolute atomic E-state index is 0.0614. The third-order valence-electron chi connectivity index (χ3n) is 6.42. The van der Waals surface area contributed by atoms with Crippen molar-refractivity contribution in [2.45, 2.75) is 31.8 Å². The molecule has 8 nitrogen and oxygen atoms in total. The zero-order valence-corrected chi connectivity index (χ0v) is 20.6. The van der Waals surface area contributed by atoms with E-state index in [1.54, 1.807) is 10.9 Å². The molecular formula is C24H31BrN4O4. The lowest BCUT2D eigenvalue weighted by Gasteiger charge is -2.39. The molecule has 0 aliphatic carbocycles. The predicted octanol–water partition coefficient (Wildman–Crippen LogP) is 2.66. The summed E-state index contributed by atoms with van der Waals surface area (Å²) in [5.74, 6) is 0.930. The van der Waals surface area contributed by atoms with Gasteiger partial charge in [-0.2, -0.15) is 5.10 Å². The molecule has 0 radical (unpaired) electrons. The van der Waals surface area contributed by atoms with E-state index in [1.165, 1.54) is 0 Å². The van der Waals surface area contributed by atoms with Crippen LogP contribution in [0.3, 0.4) is 0 Å². The summed E-state index contributed by atoms with van der Waals surface area (Å²) in [7, 11) is 1.89. The number of rotatable bonds is 7. The molecule has 1 aromatic carbocycles. The monoisotopic (exact) mass is 518 g/mol. The Hall–Kier alpha value is -2.39. The maximum atomic E-state index is 13.0. The van der Waals surface area contributed by atoms with Crippen molar-refractivity contribution in [1.29, 1.82) is 0 Å². The first-order valence-electron chi connectivity index (χ1n) is 11.5. The number of morpholine rings is 1. The van der Waals surface area contributed by atoms with Crippen LogP contribution in [0.25, 0.3) is 0 Å². The minimum Gasteiger partial charge on any atom is -0.490 e. The molecule has 2 saturated heterocycles. The van der Waals surface area contributed by atoms with Gasteiger partial charge in [-0.15, -0.1) is 0 Å². The molecule has 0 N–H and O–H groups in total. The summed E-state index contributed by atoms with van der Waals surface area (Å²) in [5, 5.41) is 4.17. The van der Waals surface area contributed by atoms with E-state index in [0.717, 1.165) is 15.9 Å². The Balaban J connectivity index is 1.41. The third kappa shape index (κ3) is 6.35. The number of aromatic nitrogens is 2. The average molecular weight is 519 g/mol. The van der Waals surface area contributed by atoms with Gasteiger partial charge in [0.25, 0.3) is 0 Å². The summed E-state index contributed by atoms with van der Waals surface area (Å²) < 4.78 is 14.5. The number of likely N-dealkylation sites (tertiary alicyclic amines) is 1. The van der Waals surface area contributed by atoms with Gasteiger partial charge < -0.3 is 19.3 Å². The molecule has 0 saturated carbocycles. The van der Waals surface area contributed by atoms with Crippen molar-refractivity contribution >= 4 is 27.7 Å². The maximum absolute atomic E-state index is 13.0. The molecule has 2 atom stereocenters. The van der Waals surface area contributed by atoms with Gasteiger partial charge in [0.1, 0.15) is 11.9 Å². The first-order chi connectivity index (χ1) is 16.0. The molecule has 178 valence electrons. The molecule has 33 heavy (non-hydrogen) atoms. The van der Waals surface area contributed by atoms with Crippen molar-refractivity contribution in [2.24, 2.45) is 13.0 Å². The SMILES string of the molecule is Cn1nccc1CCC(=O)N1CC[C@H](Oc2cccc(Br)c2)[C@@H](CC(=O)N2CCOCC2)C1. The van der Waals surface area contributed by atoms with Crippen molar-refractivity contribution < 1.29 is 19.1 Å². The molecule has 1 aromatic heterocycles. The first-order valence-corrected chi connectivity index (χ1v) is 12.3. The normalized spacial score (nSPS) is 21.2. The van der Waals surface area contributed by atoms with E-state index in [2.05, 4.69) is 21.0 Å². The van der Waals surface area contributed by atoms with E-state index in [1.807, 2.05) is 47.2 Å². The fourth-order valence-corrected chi connectivity index (χ4v) is 4.89. The van der Waals surface area contributed by atoms with Crippen molar-refractivity contribution in [3.8, 4) is 5.75 Å². The Bertz CT molecular complexity index is 959. The standard InChI is InChI=1S/C24H31BrN4O4/c1-27-20(7-9-26-27)5-6-23(30)29-10-8-22(33-21-4-2-3-19(25)16-21)18(17-29)15-24(31)28-11-13-32-14-12-28/h2-4,7,9,16,18,22H,5-6,8,10-15,17H2,1H3/t18-,22-/m0/s1. The number of hydrogen-bond acceptors (Lipinski definition) is 5. The Kier molecular flexibility index (Phi) is 8.03. The fourth-order valence-electron chi connectivity index (χ4n) is 4.51. The van der Waals surface area contributed by atoms with E-state index in [4.69, 9.17) is 9.47 Å². The lowest BCUT2D eigenvalue weighted by Crippen LogP contribution is -2.50. The second-order valence-corrected chi connectivity index (χ2v) is 9.56. The molecule has 9 heteroatoms. The van der Waals surface area contributed by atoms with Crippen LogP contribution in [0.15, 0.2) is 41.0 Å². The molecule has 4 rings (SSSR count). The van der Waals surface area contributed by atoms with Crippen molar-refractivity contribution in [2.75, 3.05) is 39.4 Å². The van der Waals surface area contributed by atoms with Crippen LogP contribution in [0.2, 0.25) is 0 Å². The highest BCUT2D eigenvalue weighted by Crippen LogP contribution is 2.28. The molecule has 3 heterocycles. The highest BCUT2D eigenvalue weighted by molar-refractivity contribution is 9.10. The summed E-state index contributed by atoms with van der Waals surface area (Å²) in [4.78, 5) is 29.8. The van der Waals surface area contributed by atoms with Crippen molar-refractivity contribution in [1.82, 2.24) is 19.6 Å². The molecule has 2 amide bonds. The summed E-state index contributed by atoms with van der Waals surface area (Å²) in [5.41, 5.74) is 1.04. The number of benzene rings is 1. The topological polar surface area (TPSA) is 76.9 Å². The Labute approximate surface area is 202 Å². The average Bonchev–Trinajstić information content (AvgIpc) is 3.23. The van der Waals surface area contributed by atoms with Gasteiger partial charge in [0.05, 0.1) is 13.2 Å². The summed E-state index contributed by atoms with van der Waals surface area (Å²) in [6, 6.07) is 9.69. The third-order valence-corrected chi connectivity index (χ3v) is 6.91. The summed E-state index contributed by atoms with van der Waals surface area (Å²) in [6.07, 6.45) is 3.78. The number of halogens is 1. The van der Waals surface area contributed by atoms with Crippen LogP contribution in [-0.2, 0) is 27.8 Å². The lowest BCUT2D eigenvalue weighted by molar-refractivity contribution is -0.141. The van der Waals surface area contributed by atoms with E-state index in [-0.39, 0.29) is 23.8 Å². The molecule has 0 unspecified atom stereocenters. The molecule has 2 aromatic rings. The van der Waals surface area contributed by atoms with Gasteiger partial charge in [-0.3, -0.25) is 14.3 Å². The largest absolute Gasteiger partial charge is 0.490 e. The summed E-state index contributed by atoms with van der Waals surface area (Å²) >= 11 is 3.49. The van der Waals surface area contributed by atoms with Gasteiger partial charge in [-0.25, -0.2) is 0 Å². The van der Waals surface area contributed by atoms with Crippen LogP contribution in [-0.4, -0.2) is 76.9 Å². The van der Waals surface area contributed by atoms with Gasteiger partial charge >= 0.3 is 0 Å². The van der Waals surface area contributed by atoms with Gasteiger partial charge in [-0.05, 0) is 30.7 Å². The molecule has 2 aliphatic heterocycles. The van der Waals surface area contributed by atoms with Crippen molar-refractivity contribution in [3.05, 3.63) is 46.7 Å². The number of nitrogens with zero attached hydrogens (tertiary/aromatic N) is 4. The number of amides is 2. The van der Waals surface area contributed by atoms with E-state index >= 15 is 0 Å². The van der Waals surface area contributed by atoms with E-state index in [9.17, 15) is 9.59 Å². The predicted molar refractivity (Wildman–Crippen MR) is 127 cm³/mol. The molecule has 0 spiro atoms.